The van der Waals surface area contributed by atoms with Crippen LogP contribution in [0.15, 0.2) is 59.5 Å². The molecule has 0 atom stereocenters. The van der Waals surface area contributed by atoms with Crippen molar-refractivity contribution in [3.8, 4) is 0 Å². The standard InChI is InChI=1S/C18H13ClN2O3S/c19-14-9-5-4-6-12(14)10-15-17(23)21(18(24)25-15)11-16(22)20-13-7-2-1-3-8-13/h1-10H,11H2,(H,20,22)/b15-10-. The number of nitrogens with zero attached hydrogens (tertiary/aromatic N) is 1. The van der Waals surface area contributed by atoms with Crippen LogP contribution < -0.4 is 5.32 Å². The number of anilines is 1. The van der Waals surface area contributed by atoms with Crippen molar-refractivity contribution >= 4 is 52.2 Å². The van der Waals surface area contributed by atoms with E-state index < -0.39 is 17.1 Å². The maximum atomic E-state index is 12.4. The van der Waals surface area contributed by atoms with E-state index in [1.165, 1.54) is 0 Å². The molecular weight excluding hydrogens is 360 g/mol. The number of benzene rings is 2. The van der Waals surface area contributed by atoms with Gasteiger partial charge in [-0.05, 0) is 41.6 Å². The van der Waals surface area contributed by atoms with Gasteiger partial charge in [0.2, 0.25) is 5.91 Å². The molecule has 0 bridgehead atoms. The van der Waals surface area contributed by atoms with Crippen LogP contribution in [0.1, 0.15) is 5.56 Å². The van der Waals surface area contributed by atoms with Crippen LogP contribution in [0.25, 0.3) is 6.08 Å². The molecule has 2 aromatic carbocycles. The zero-order chi connectivity index (χ0) is 17.8. The van der Waals surface area contributed by atoms with Gasteiger partial charge >= 0.3 is 0 Å². The summed E-state index contributed by atoms with van der Waals surface area (Å²) in [6.07, 6.45) is 1.56. The summed E-state index contributed by atoms with van der Waals surface area (Å²) in [5, 5.41) is 2.65. The monoisotopic (exact) mass is 372 g/mol. The predicted octanol–water partition coefficient (Wildman–Crippen LogP) is 4.02. The van der Waals surface area contributed by atoms with E-state index in [2.05, 4.69) is 5.32 Å². The number of amides is 3. The lowest BCUT2D eigenvalue weighted by Crippen LogP contribution is -2.36. The van der Waals surface area contributed by atoms with E-state index in [0.29, 0.717) is 16.3 Å². The second-order valence-corrected chi connectivity index (χ2v) is 6.60. The minimum Gasteiger partial charge on any atom is -0.325 e. The zero-order valence-electron chi connectivity index (χ0n) is 12.9. The first-order valence-electron chi connectivity index (χ1n) is 7.39. The van der Waals surface area contributed by atoms with Crippen molar-refractivity contribution in [1.29, 1.82) is 0 Å². The molecule has 126 valence electrons. The normalized spacial score (nSPS) is 15.7. The molecule has 25 heavy (non-hydrogen) atoms. The smallest absolute Gasteiger partial charge is 0.294 e. The third kappa shape index (κ3) is 4.10. The first kappa shape index (κ1) is 17.3. The number of carbonyl (C=O) groups is 3. The van der Waals surface area contributed by atoms with Gasteiger partial charge in [0.1, 0.15) is 6.54 Å². The van der Waals surface area contributed by atoms with E-state index in [4.69, 9.17) is 11.6 Å². The summed E-state index contributed by atoms with van der Waals surface area (Å²) in [6.45, 7) is -0.334. The first-order valence-corrected chi connectivity index (χ1v) is 8.59. The third-order valence-corrected chi connectivity index (χ3v) is 4.68. The Bertz CT molecular complexity index is 868. The van der Waals surface area contributed by atoms with Crippen molar-refractivity contribution in [2.45, 2.75) is 0 Å². The van der Waals surface area contributed by atoms with Crippen LogP contribution >= 0.6 is 23.4 Å². The van der Waals surface area contributed by atoms with Gasteiger partial charge in [0.15, 0.2) is 0 Å². The molecule has 1 heterocycles. The minimum atomic E-state index is -0.502. The highest BCUT2D eigenvalue weighted by molar-refractivity contribution is 8.18. The van der Waals surface area contributed by atoms with E-state index >= 15 is 0 Å². The first-order chi connectivity index (χ1) is 12.0. The summed E-state index contributed by atoms with van der Waals surface area (Å²) < 4.78 is 0. The Hall–Kier alpha value is -2.57. The molecule has 0 saturated carbocycles. The summed E-state index contributed by atoms with van der Waals surface area (Å²) >= 11 is 6.86. The zero-order valence-corrected chi connectivity index (χ0v) is 14.5. The highest BCUT2D eigenvalue weighted by Gasteiger charge is 2.36. The summed E-state index contributed by atoms with van der Waals surface area (Å²) in [7, 11) is 0. The molecule has 7 heteroatoms. The van der Waals surface area contributed by atoms with Gasteiger partial charge in [-0.1, -0.05) is 48.0 Å². The quantitative estimate of drug-likeness (QED) is 0.823. The molecule has 0 radical (unpaired) electrons. The number of hydrogen-bond donors (Lipinski definition) is 1. The molecule has 3 amide bonds. The fraction of sp³-hybridized carbons (Fsp3) is 0.0556. The van der Waals surface area contributed by atoms with E-state index in [-0.39, 0.29) is 11.4 Å². The van der Waals surface area contributed by atoms with E-state index in [0.717, 1.165) is 16.7 Å². The fourth-order valence-corrected chi connectivity index (χ4v) is 3.25. The molecule has 3 rings (SSSR count). The summed E-state index contributed by atoms with van der Waals surface area (Å²) in [4.78, 5) is 37.7. The number of halogens is 1. The number of rotatable bonds is 4. The van der Waals surface area contributed by atoms with Crippen molar-refractivity contribution in [3.63, 3.8) is 0 Å². The molecular formula is C18H13ClN2O3S. The molecule has 0 spiro atoms. The van der Waals surface area contributed by atoms with Gasteiger partial charge < -0.3 is 5.32 Å². The number of nitrogens with one attached hydrogen (secondary N) is 1. The summed E-state index contributed by atoms with van der Waals surface area (Å²) in [5.41, 5.74) is 1.24. The van der Waals surface area contributed by atoms with Gasteiger partial charge in [-0.3, -0.25) is 19.3 Å². The van der Waals surface area contributed by atoms with Crippen molar-refractivity contribution in [2.24, 2.45) is 0 Å². The Morgan fingerprint density at radius 3 is 2.48 bits per heavy atom. The molecule has 5 nitrogen and oxygen atoms in total. The Labute approximate surface area is 153 Å². The lowest BCUT2D eigenvalue weighted by molar-refractivity contribution is -0.127. The summed E-state index contributed by atoms with van der Waals surface area (Å²) in [5.74, 6) is -0.939. The van der Waals surface area contributed by atoms with Crippen LogP contribution in [0.3, 0.4) is 0 Å². The van der Waals surface area contributed by atoms with Gasteiger partial charge in [-0.2, -0.15) is 0 Å². The van der Waals surface area contributed by atoms with Gasteiger partial charge in [-0.25, -0.2) is 0 Å². The van der Waals surface area contributed by atoms with Crippen LogP contribution in [0.4, 0.5) is 10.5 Å². The predicted molar refractivity (Wildman–Crippen MR) is 99.2 cm³/mol. The number of hydrogen-bond acceptors (Lipinski definition) is 4. The van der Waals surface area contributed by atoms with Crippen molar-refractivity contribution in [1.82, 2.24) is 4.90 Å². The molecule has 1 fully saturated rings. The maximum Gasteiger partial charge on any atom is 0.294 e. The van der Waals surface area contributed by atoms with E-state index in [1.807, 2.05) is 6.07 Å². The topological polar surface area (TPSA) is 66.5 Å². The van der Waals surface area contributed by atoms with Gasteiger partial charge in [0.05, 0.1) is 4.91 Å². The molecule has 0 aromatic heterocycles. The molecule has 0 unspecified atom stereocenters. The van der Waals surface area contributed by atoms with Crippen molar-refractivity contribution in [3.05, 3.63) is 70.1 Å². The van der Waals surface area contributed by atoms with Crippen LogP contribution in [0.5, 0.6) is 0 Å². The highest BCUT2D eigenvalue weighted by Crippen LogP contribution is 2.33. The van der Waals surface area contributed by atoms with Gasteiger partial charge in [-0.15, -0.1) is 0 Å². The molecule has 2 aromatic rings. The van der Waals surface area contributed by atoms with Gasteiger partial charge in [0, 0.05) is 10.7 Å². The summed E-state index contributed by atoms with van der Waals surface area (Å²) in [6, 6.07) is 15.8. The Kier molecular flexibility index (Phi) is 5.21. The largest absolute Gasteiger partial charge is 0.325 e. The minimum absolute atomic E-state index is 0.241. The number of imide groups is 1. The maximum absolute atomic E-state index is 12.4. The van der Waals surface area contributed by atoms with Crippen LogP contribution in [0.2, 0.25) is 5.02 Å². The van der Waals surface area contributed by atoms with Crippen molar-refractivity contribution in [2.75, 3.05) is 11.9 Å². The third-order valence-electron chi connectivity index (χ3n) is 3.42. The second kappa shape index (κ2) is 7.55. The number of para-hydroxylation sites is 1. The number of thioether (sulfide) groups is 1. The molecule has 1 saturated heterocycles. The highest BCUT2D eigenvalue weighted by atomic mass is 35.5. The SMILES string of the molecule is O=C(CN1C(=O)S/C(=C\c2ccccc2Cl)C1=O)Nc1ccccc1. The molecule has 0 aliphatic carbocycles. The van der Waals surface area contributed by atoms with Crippen LogP contribution in [-0.4, -0.2) is 28.5 Å². The van der Waals surface area contributed by atoms with E-state index in [1.54, 1.807) is 54.6 Å². The Morgan fingerprint density at radius 1 is 1.08 bits per heavy atom. The van der Waals surface area contributed by atoms with Gasteiger partial charge in [0.25, 0.3) is 11.1 Å². The van der Waals surface area contributed by atoms with Crippen LogP contribution in [0, 0.1) is 0 Å². The molecule has 1 aliphatic heterocycles. The number of carbonyl (C=O) groups excluding carboxylic acids is 3. The van der Waals surface area contributed by atoms with Crippen LogP contribution in [-0.2, 0) is 9.59 Å². The molecule has 1 aliphatic rings. The Balaban J connectivity index is 1.71. The lowest BCUT2D eigenvalue weighted by Gasteiger charge is -2.12. The Morgan fingerprint density at radius 2 is 1.76 bits per heavy atom. The lowest BCUT2D eigenvalue weighted by atomic mass is 10.2. The molecule has 1 N–H and O–H groups in total. The fourth-order valence-electron chi connectivity index (χ4n) is 2.24. The second-order valence-electron chi connectivity index (χ2n) is 5.20. The average molecular weight is 373 g/mol. The average Bonchev–Trinajstić information content (AvgIpc) is 2.85. The van der Waals surface area contributed by atoms with E-state index in [9.17, 15) is 14.4 Å². The van der Waals surface area contributed by atoms with Crippen molar-refractivity contribution < 1.29 is 14.4 Å².